The summed E-state index contributed by atoms with van der Waals surface area (Å²) in [5.41, 5.74) is 7.03. The predicted octanol–water partition coefficient (Wildman–Crippen LogP) is 1.78. The number of hydrogen-bond acceptors (Lipinski definition) is 4. The van der Waals surface area contributed by atoms with Crippen LogP contribution in [0.1, 0.15) is 27.1 Å². The minimum Gasteiger partial charge on any atom is -0.491 e. The van der Waals surface area contributed by atoms with Crippen molar-refractivity contribution in [2.24, 2.45) is 5.73 Å². The monoisotopic (exact) mass is 339 g/mol. The Morgan fingerprint density at radius 3 is 2.48 bits per heavy atom. The Morgan fingerprint density at radius 1 is 1.12 bits per heavy atom. The Morgan fingerprint density at radius 2 is 1.80 bits per heavy atom. The number of carbonyl (C=O) groups excluding carboxylic acids is 3. The molecule has 2 aromatic carbocycles. The summed E-state index contributed by atoms with van der Waals surface area (Å²) in [6.45, 7) is 0.313. The van der Waals surface area contributed by atoms with E-state index in [1.165, 1.54) is 17.0 Å². The van der Waals surface area contributed by atoms with Gasteiger partial charge in [-0.05, 0) is 42.5 Å². The van der Waals surface area contributed by atoms with Crippen LogP contribution in [0.3, 0.4) is 0 Å². The van der Waals surface area contributed by atoms with Crippen LogP contribution in [0.5, 0.6) is 5.75 Å². The number of anilines is 2. The smallest absolute Gasteiger partial charge is 0.255 e. The number of nitrogens with zero attached hydrogens (tertiary/aromatic N) is 1. The molecule has 0 spiro atoms. The molecule has 0 unspecified atom stereocenters. The summed E-state index contributed by atoms with van der Waals surface area (Å²) < 4.78 is 5.54. The molecule has 2 aromatic rings. The molecular formula is C18H17N3O4. The summed E-state index contributed by atoms with van der Waals surface area (Å²) in [4.78, 5) is 36.9. The number of rotatable bonds is 3. The van der Waals surface area contributed by atoms with Crippen LogP contribution in [0.25, 0.3) is 0 Å². The second-order valence-corrected chi connectivity index (χ2v) is 5.63. The first-order chi connectivity index (χ1) is 12.0. The summed E-state index contributed by atoms with van der Waals surface area (Å²) in [7, 11) is 1.65. The molecule has 1 aliphatic heterocycles. The summed E-state index contributed by atoms with van der Waals surface area (Å²) in [6, 6.07) is 11.2. The number of primary amides is 1. The number of fused-ring (bicyclic) bond motifs is 1. The molecule has 25 heavy (non-hydrogen) atoms. The van der Waals surface area contributed by atoms with Gasteiger partial charge in [-0.1, -0.05) is 0 Å². The van der Waals surface area contributed by atoms with E-state index in [0.29, 0.717) is 41.3 Å². The molecule has 1 heterocycles. The van der Waals surface area contributed by atoms with Crippen molar-refractivity contribution in [2.75, 3.05) is 23.9 Å². The normalized spacial score (nSPS) is 13.5. The summed E-state index contributed by atoms with van der Waals surface area (Å²) in [6.07, 6.45) is 0.291. The van der Waals surface area contributed by atoms with Gasteiger partial charge in [-0.15, -0.1) is 0 Å². The fraction of sp³-hybridized carbons (Fsp3) is 0.167. The maximum atomic E-state index is 12.4. The lowest BCUT2D eigenvalue weighted by Crippen LogP contribution is -2.25. The van der Waals surface area contributed by atoms with Crippen molar-refractivity contribution in [3.05, 3.63) is 53.6 Å². The number of hydrogen-bond donors (Lipinski definition) is 2. The van der Waals surface area contributed by atoms with E-state index in [1.807, 2.05) is 0 Å². The van der Waals surface area contributed by atoms with Crippen LogP contribution in [0.15, 0.2) is 42.5 Å². The SMILES string of the molecule is CN1C(=O)CCOc2ccc(C(=O)Nc3ccc(C(N)=O)cc3)cc21. The van der Waals surface area contributed by atoms with Crippen molar-refractivity contribution in [1.29, 1.82) is 0 Å². The molecule has 3 rings (SSSR count). The number of amides is 3. The van der Waals surface area contributed by atoms with E-state index in [2.05, 4.69) is 5.32 Å². The number of nitrogens with one attached hydrogen (secondary N) is 1. The van der Waals surface area contributed by atoms with Gasteiger partial charge in [0.1, 0.15) is 5.75 Å². The predicted molar refractivity (Wildman–Crippen MR) is 92.9 cm³/mol. The summed E-state index contributed by atoms with van der Waals surface area (Å²) >= 11 is 0. The van der Waals surface area contributed by atoms with Crippen molar-refractivity contribution in [3.63, 3.8) is 0 Å². The Hall–Kier alpha value is -3.35. The van der Waals surface area contributed by atoms with Gasteiger partial charge >= 0.3 is 0 Å². The van der Waals surface area contributed by atoms with E-state index >= 15 is 0 Å². The standard InChI is InChI=1S/C18H17N3O4/c1-21-14-10-12(4-7-15(14)25-9-8-16(21)22)18(24)20-13-5-2-11(3-6-13)17(19)23/h2-7,10H,8-9H2,1H3,(H2,19,23)(H,20,24). The number of carbonyl (C=O) groups is 3. The molecule has 0 saturated heterocycles. The van der Waals surface area contributed by atoms with Gasteiger partial charge < -0.3 is 20.7 Å². The van der Waals surface area contributed by atoms with Crippen LogP contribution in [-0.4, -0.2) is 31.4 Å². The zero-order chi connectivity index (χ0) is 18.0. The first-order valence-corrected chi connectivity index (χ1v) is 7.70. The summed E-state index contributed by atoms with van der Waals surface area (Å²) in [5.74, 6) is -0.370. The van der Waals surface area contributed by atoms with Crippen molar-refractivity contribution in [2.45, 2.75) is 6.42 Å². The quantitative estimate of drug-likeness (QED) is 0.890. The van der Waals surface area contributed by atoms with Crippen molar-refractivity contribution in [1.82, 2.24) is 0 Å². The second-order valence-electron chi connectivity index (χ2n) is 5.63. The molecule has 0 aromatic heterocycles. The highest BCUT2D eigenvalue weighted by Gasteiger charge is 2.21. The second kappa shape index (κ2) is 6.64. The van der Waals surface area contributed by atoms with Gasteiger partial charge in [-0.2, -0.15) is 0 Å². The van der Waals surface area contributed by atoms with E-state index in [1.54, 1.807) is 37.4 Å². The Kier molecular flexibility index (Phi) is 4.38. The maximum Gasteiger partial charge on any atom is 0.255 e. The molecule has 3 N–H and O–H groups in total. The van der Waals surface area contributed by atoms with Gasteiger partial charge in [0, 0.05) is 23.9 Å². The van der Waals surface area contributed by atoms with Crippen molar-refractivity contribution >= 4 is 29.1 Å². The van der Waals surface area contributed by atoms with Crippen LogP contribution < -0.4 is 20.7 Å². The Labute approximate surface area is 144 Å². The lowest BCUT2D eigenvalue weighted by molar-refractivity contribution is -0.118. The van der Waals surface area contributed by atoms with Gasteiger partial charge in [-0.25, -0.2) is 0 Å². The van der Waals surface area contributed by atoms with Crippen LogP contribution in [0.4, 0.5) is 11.4 Å². The van der Waals surface area contributed by atoms with Gasteiger partial charge in [0.05, 0.1) is 18.7 Å². The average molecular weight is 339 g/mol. The number of benzene rings is 2. The largest absolute Gasteiger partial charge is 0.491 e. The fourth-order valence-electron chi connectivity index (χ4n) is 2.51. The first-order valence-electron chi connectivity index (χ1n) is 7.70. The maximum absolute atomic E-state index is 12.4. The third-order valence-corrected chi connectivity index (χ3v) is 3.96. The number of ether oxygens (including phenoxy) is 1. The zero-order valence-corrected chi connectivity index (χ0v) is 13.6. The molecule has 128 valence electrons. The highest BCUT2D eigenvalue weighted by molar-refractivity contribution is 6.06. The number of nitrogens with two attached hydrogens (primary N) is 1. The first kappa shape index (κ1) is 16.5. The third kappa shape index (κ3) is 3.45. The van der Waals surface area contributed by atoms with Gasteiger partial charge in [-0.3, -0.25) is 14.4 Å². The van der Waals surface area contributed by atoms with E-state index < -0.39 is 5.91 Å². The molecule has 0 bridgehead atoms. The minimum atomic E-state index is -0.531. The molecule has 7 heteroatoms. The summed E-state index contributed by atoms with van der Waals surface area (Å²) in [5, 5.41) is 2.74. The van der Waals surface area contributed by atoms with Crippen molar-refractivity contribution < 1.29 is 19.1 Å². The molecule has 0 saturated carbocycles. The molecule has 1 aliphatic rings. The van der Waals surface area contributed by atoms with E-state index in [9.17, 15) is 14.4 Å². The molecule has 0 atom stereocenters. The van der Waals surface area contributed by atoms with Crippen molar-refractivity contribution in [3.8, 4) is 5.75 Å². The fourth-order valence-corrected chi connectivity index (χ4v) is 2.51. The lowest BCUT2D eigenvalue weighted by Gasteiger charge is -2.17. The van der Waals surface area contributed by atoms with Gasteiger partial charge in [0.2, 0.25) is 11.8 Å². The van der Waals surface area contributed by atoms with Gasteiger partial charge in [0.25, 0.3) is 5.91 Å². The molecular weight excluding hydrogens is 322 g/mol. The lowest BCUT2D eigenvalue weighted by atomic mass is 10.1. The van der Waals surface area contributed by atoms with Crippen LogP contribution in [-0.2, 0) is 4.79 Å². The van der Waals surface area contributed by atoms with E-state index in [4.69, 9.17) is 10.5 Å². The van der Waals surface area contributed by atoms with Gasteiger partial charge in [0.15, 0.2) is 0 Å². The van der Waals surface area contributed by atoms with E-state index in [-0.39, 0.29) is 11.8 Å². The highest BCUT2D eigenvalue weighted by atomic mass is 16.5. The average Bonchev–Trinajstić information content (AvgIpc) is 2.74. The third-order valence-electron chi connectivity index (χ3n) is 3.96. The molecule has 0 aliphatic carbocycles. The van der Waals surface area contributed by atoms with E-state index in [0.717, 1.165) is 0 Å². The molecule has 0 radical (unpaired) electrons. The minimum absolute atomic E-state index is 0.0710. The van der Waals surface area contributed by atoms with Crippen LogP contribution in [0.2, 0.25) is 0 Å². The highest BCUT2D eigenvalue weighted by Crippen LogP contribution is 2.31. The Bertz CT molecular complexity index is 846. The molecule has 7 nitrogen and oxygen atoms in total. The van der Waals surface area contributed by atoms with Crippen LogP contribution in [0, 0.1) is 0 Å². The molecule has 0 fully saturated rings. The zero-order valence-electron chi connectivity index (χ0n) is 13.6. The topological polar surface area (TPSA) is 102 Å². The van der Waals surface area contributed by atoms with Crippen LogP contribution >= 0.6 is 0 Å². The molecule has 3 amide bonds. The Balaban J connectivity index is 1.82.